The van der Waals surface area contributed by atoms with Gasteiger partial charge in [-0.3, -0.25) is 4.90 Å². The molecule has 1 atom stereocenters. The molecule has 2 heterocycles. The van der Waals surface area contributed by atoms with Crippen molar-refractivity contribution >= 4 is 22.6 Å². The lowest BCUT2D eigenvalue weighted by molar-refractivity contribution is 0.00115. The lowest BCUT2D eigenvalue weighted by Gasteiger charge is -2.39. The number of aromatic carboxylic acids is 1. The molecule has 1 aliphatic heterocycles. The summed E-state index contributed by atoms with van der Waals surface area (Å²) in [7, 11) is 0. The van der Waals surface area contributed by atoms with Crippen LogP contribution in [-0.4, -0.2) is 58.5 Å². The minimum absolute atomic E-state index is 0.178. The van der Waals surface area contributed by atoms with Crippen LogP contribution in [0, 0.1) is 27.7 Å². The Kier molecular flexibility index (Phi) is 5.77. The van der Waals surface area contributed by atoms with Crippen LogP contribution in [0.2, 0.25) is 0 Å². The van der Waals surface area contributed by atoms with E-state index in [1.165, 1.54) is 16.8 Å². The minimum Gasteiger partial charge on any atom is -0.477 e. The number of aliphatic hydroxyl groups excluding tert-OH is 1. The molecule has 0 bridgehead atoms. The molecule has 164 valence electrons. The molecule has 1 aromatic heterocycles. The Hall–Kier alpha value is -2.83. The van der Waals surface area contributed by atoms with Gasteiger partial charge in [-0.1, -0.05) is 29.8 Å². The fraction of sp³-hybridized carbons (Fsp3) is 0.400. The molecule has 1 fully saturated rings. The summed E-state index contributed by atoms with van der Waals surface area (Å²) in [6.45, 7) is 11.4. The third-order valence-electron chi connectivity index (χ3n) is 6.45. The van der Waals surface area contributed by atoms with E-state index in [4.69, 9.17) is 0 Å². The Morgan fingerprint density at radius 1 is 1.03 bits per heavy atom. The number of hydrogen-bond acceptors (Lipinski definition) is 4. The fourth-order valence-electron chi connectivity index (χ4n) is 4.96. The average molecular weight is 422 g/mol. The number of H-pyrrole nitrogens is 1. The molecule has 0 spiro atoms. The predicted octanol–water partition coefficient (Wildman–Crippen LogP) is 3.78. The van der Waals surface area contributed by atoms with Gasteiger partial charge in [0.25, 0.3) is 0 Å². The highest BCUT2D eigenvalue weighted by Gasteiger charge is 2.27. The number of piperazine rings is 1. The first-order valence-corrected chi connectivity index (χ1v) is 10.8. The molecule has 1 aliphatic rings. The maximum Gasteiger partial charge on any atom is 0.352 e. The SMILES string of the molecule is Cc1cc(C)c2[nH]c(C(=O)O)c(CC(O)N3CCN(c4c(C)cccc4C)CC3)c2c1. The van der Waals surface area contributed by atoms with E-state index in [2.05, 4.69) is 46.8 Å². The van der Waals surface area contributed by atoms with Gasteiger partial charge in [-0.05, 0) is 56.0 Å². The first kappa shape index (κ1) is 21.4. The van der Waals surface area contributed by atoms with Crippen LogP contribution >= 0.6 is 0 Å². The van der Waals surface area contributed by atoms with Crippen LogP contribution in [0.25, 0.3) is 10.9 Å². The summed E-state index contributed by atoms with van der Waals surface area (Å²) in [5, 5.41) is 21.6. The van der Waals surface area contributed by atoms with E-state index in [1.54, 1.807) is 0 Å². The number of carboxylic acid groups (broad SMARTS) is 1. The minimum atomic E-state index is -0.990. The van der Waals surface area contributed by atoms with Crippen molar-refractivity contribution < 1.29 is 15.0 Å². The number of benzene rings is 2. The number of nitrogens with one attached hydrogen (secondary N) is 1. The Balaban J connectivity index is 1.53. The third kappa shape index (κ3) is 4.05. The lowest BCUT2D eigenvalue weighted by atomic mass is 10.0. The summed E-state index contributed by atoms with van der Waals surface area (Å²) < 4.78 is 0. The molecule has 0 radical (unpaired) electrons. The van der Waals surface area contributed by atoms with Gasteiger partial charge in [-0.2, -0.15) is 0 Å². The van der Waals surface area contributed by atoms with Crippen LogP contribution in [0.15, 0.2) is 30.3 Å². The molecule has 6 heteroatoms. The van der Waals surface area contributed by atoms with Crippen molar-refractivity contribution in [2.75, 3.05) is 31.1 Å². The van der Waals surface area contributed by atoms with E-state index in [1.807, 2.05) is 26.0 Å². The Morgan fingerprint density at radius 3 is 2.29 bits per heavy atom. The number of carbonyl (C=O) groups is 1. The fourth-order valence-corrected chi connectivity index (χ4v) is 4.96. The summed E-state index contributed by atoms with van der Waals surface area (Å²) >= 11 is 0. The van der Waals surface area contributed by atoms with Crippen LogP contribution in [0.1, 0.15) is 38.3 Å². The monoisotopic (exact) mass is 421 g/mol. The van der Waals surface area contributed by atoms with Crippen molar-refractivity contribution in [3.63, 3.8) is 0 Å². The van der Waals surface area contributed by atoms with E-state index in [9.17, 15) is 15.0 Å². The molecule has 6 nitrogen and oxygen atoms in total. The lowest BCUT2D eigenvalue weighted by Crippen LogP contribution is -2.51. The summed E-state index contributed by atoms with van der Waals surface area (Å²) in [4.78, 5) is 19.4. The zero-order valence-corrected chi connectivity index (χ0v) is 18.7. The van der Waals surface area contributed by atoms with E-state index >= 15 is 0 Å². The number of hydrogen-bond donors (Lipinski definition) is 3. The van der Waals surface area contributed by atoms with Crippen molar-refractivity contribution in [2.24, 2.45) is 0 Å². The summed E-state index contributed by atoms with van der Waals surface area (Å²) in [6, 6.07) is 10.4. The maximum atomic E-state index is 11.9. The average Bonchev–Trinajstić information content (AvgIpc) is 3.07. The number of fused-ring (bicyclic) bond motifs is 1. The topological polar surface area (TPSA) is 79.8 Å². The molecular formula is C25H31N3O3. The zero-order valence-electron chi connectivity index (χ0n) is 18.7. The Morgan fingerprint density at radius 2 is 1.68 bits per heavy atom. The molecule has 2 aromatic carbocycles. The van der Waals surface area contributed by atoms with E-state index in [0.29, 0.717) is 5.56 Å². The first-order valence-electron chi connectivity index (χ1n) is 10.8. The first-order chi connectivity index (χ1) is 14.8. The van der Waals surface area contributed by atoms with Crippen LogP contribution in [0.3, 0.4) is 0 Å². The van der Waals surface area contributed by atoms with Crippen molar-refractivity contribution in [2.45, 2.75) is 40.3 Å². The van der Waals surface area contributed by atoms with Crippen LogP contribution in [-0.2, 0) is 6.42 Å². The van der Waals surface area contributed by atoms with Gasteiger partial charge in [0.2, 0.25) is 0 Å². The van der Waals surface area contributed by atoms with Gasteiger partial charge in [0.05, 0.1) is 0 Å². The number of carboxylic acids is 1. The van der Waals surface area contributed by atoms with E-state index in [-0.39, 0.29) is 12.1 Å². The second-order valence-electron chi connectivity index (χ2n) is 8.74. The number of anilines is 1. The molecule has 1 saturated heterocycles. The number of aromatic nitrogens is 1. The molecule has 3 N–H and O–H groups in total. The molecule has 1 unspecified atom stereocenters. The molecule has 0 saturated carbocycles. The quantitative estimate of drug-likeness (QED) is 0.584. The highest BCUT2D eigenvalue weighted by molar-refractivity contribution is 5.98. The number of aliphatic hydroxyl groups is 1. The van der Waals surface area contributed by atoms with E-state index < -0.39 is 12.2 Å². The summed E-state index contributed by atoms with van der Waals surface area (Å²) in [5.74, 6) is -0.990. The van der Waals surface area contributed by atoms with Crippen LogP contribution < -0.4 is 4.90 Å². The van der Waals surface area contributed by atoms with Gasteiger partial charge in [-0.15, -0.1) is 0 Å². The number of rotatable bonds is 5. The molecule has 3 aromatic rings. The Bertz CT molecular complexity index is 1110. The standard InChI is InChI=1S/C25H31N3O3/c1-15-12-18(4)22-19(13-15)20(23(26-22)25(30)31)14-21(29)27-8-10-28(11-9-27)24-16(2)6-5-7-17(24)3/h5-7,12-13,21,26,29H,8-11,14H2,1-4H3,(H,30,31). The second kappa shape index (κ2) is 8.36. The maximum absolute atomic E-state index is 11.9. The highest BCUT2D eigenvalue weighted by Crippen LogP contribution is 2.29. The largest absolute Gasteiger partial charge is 0.477 e. The molecule has 0 amide bonds. The van der Waals surface area contributed by atoms with Crippen molar-refractivity contribution in [1.29, 1.82) is 0 Å². The summed E-state index contributed by atoms with van der Waals surface area (Å²) in [5.41, 5.74) is 7.61. The number of para-hydroxylation sites is 1. The summed E-state index contributed by atoms with van der Waals surface area (Å²) in [6.07, 6.45) is -0.438. The van der Waals surface area contributed by atoms with Gasteiger partial charge < -0.3 is 20.1 Å². The number of aromatic amines is 1. The van der Waals surface area contributed by atoms with E-state index in [0.717, 1.165) is 48.2 Å². The van der Waals surface area contributed by atoms with Gasteiger partial charge in [-0.25, -0.2) is 4.79 Å². The third-order valence-corrected chi connectivity index (χ3v) is 6.45. The predicted molar refractivity (Wildman–Crippen MR) is 124 cm³/mol. The number of aryl methyl sites for hydroxylation is 4. The van der Waals surface area contributed by atoms with Crippen molar-refractivity contribution in [1.82, 2.24) is 9.88 Å². The van der Waals surface area contributed by atoms with Crippen LogP contribution in [0.5, 0.6) is 0 Å². The highest BCUT2D eigenvalue weighted by atomic mass is 16.4. The van der Waals surface area contributed by atoms with Gasteiger partial charge >= 0.3 is 5.97 Å². The molecule has 4 rings (SSSR count). The van der Waals surface area contributed by atoms with Crippen molar-refractivity contribution in [3.8, 4) is 0 Å². The van der Waals surface area contributed by atoms with Crippen LogP contribution in [0.4, 0.5) is 5.69 Å². The molecule has 31 heavy (non-hydrogen) atoms. The second-order valence-corrected chi connectivity index (χ2v) is 8.74. The van der Waals surface area contributed by atoms with Gasteiger partial charge in [0.15, 0.2) is 0 Å². The smallest absolute Gasteiger partial charge is 0.352 e. The molecular weight excluding hydrogens is 390 g/mol. The number of nitrogens with zero attached hydrogens (tertiary/aromatic N) is 2. The van der Waals surface area contributed by atoms with Gasteiger partial charge in [0.1, 0.15) is 11.9 Å². The normalized spacial score (nSPS) is 16.1. The van der Waals surface area contributed by atoms with Crippen molar-refractivity contribution in [3.05, 3.63) is 63.8 Å². The Labute approximate surface area is 183 Å². The molecule has 0 aliphatic carbocycles. The zero-order chi connectivity index (χ0) is 22.3. The van der Waals surface area contributed by atoms with Gasteiger partial charge in [0, 0.05) is 49.2 Å².